The second-order valence-electron chi connectivity index (χ2n) is 13.3. The zero-order valence-corrected chi connectivity index (χ0v) is 27.6. The van der Waals surface area contributed by atoms with Gasteiger partial charge in [-0.3, -0.25) is 14.6 Å². The molecule has 4 aliphatic rings. The van der Waals surface area contributed by atoms with Gasteiger partial charge >= 0.3 is 6.18 Å². The largest absolute Gasteiger partial charge is 0.481 e. The van der Waals surface area contributed by atoms with E-state index < -0.39 is 12.8 Å². The van der Waals surface area contributed by atoms with Crippen molar-refractivity contribution in [2.45, 2.75) is 49.5 Å². The van der Waals surface area contributed by atoms with E-state index in [0.29, 0.717) is 57.3 Å². The molecule has 0 N–H and O–H groups in total. The van der Waals surface area contributed by atoms with E-state index in [1.165, 1.54) is 18.2 Å². The van der Waals surface area contributed by atoms with Crippen LogP contribution in [0, 0.1) is 5.92 Å². The highest BCUT2D eigenvalue weighted by atomic mass is 19.4. The number of aromatic nitrogens is 2. The summed E-state index contributed by atoms with van der Waals surface area (Å²) < 4.78 is 62.2. The zero-order valence-electron chi connectivity index (χ0n) is 27.6. The Labute approximate surface area is 284 Å². The summed E-state index contributed by atoms with van der Waals surface area (Å²) in [5, 5.41) is 0. The summed E-state index contributed by atoms with van der Waals surface area (Å²) in [6, 6.07) is 20.7. The maximum absolute atomic E-state index is 13.6. The monoisotopic (exact) mass is 681 g/mol. The number of hydrogen-bond acceptors (Lipinski definition) is 9. The Balaban J connectivity index is 1.23. The lowest BCUT2D eigenvalue weighted by atomic mass is 9.81. The quantitative estimate of drug-likeness (QED) is 0.308. The number of benzene rings is 2. The van der Waals surface area contributed by atoms with Gasteiger partial charge in [0.05, 0.1) is 31.8 Å². The Hall–Kier alpha value is -3.78. The number of alkyl halides is 3. The fourth-order valence-electron chi connectivity index (χ4n) is 7.46. The first-order valence-electron chi connectivity index (χ1n) is 16.9. The molecule has 262 valence electrons. The second-order valence-corrected chi connectivity index (χ2v) is 13.3. The fraction of sp³-hybridized carbons (Fsp3) is 0.528. The number of fused-ring (bicyclic) bond motifs is 1. The van der Waals surface area contributed by atoms with Gasteiger partial charge in [-0.05, 0) is 24.0 Å². The minimum absolute atomic E-state index is 0.00793. The van der Waals surface area contributed by atoms with Gasteiger partial charge in [-0.15, -0.1) is 0 Å². The molecule has 1 aromatic heterocycles. The number of carbonyl (C=O) groups is 1. The molecule has 1 amide bonds. The molecular formula is C36H42F3N5O5. The van der Waals surface area contributed by atoms with E-state index >= 15 is 0 Å². The summed E-state index contributed by atoms with van der Waals surface area (Å²) in [5.41, 5.74) is 2.72. The number of nitrogens with zero attached hydrogens (tertiary/aromatic N) is 5. The van der Waals surface area contributed by atoms with Crippen LogP contribution in [0.2, 0.25) is 0 Å². The highest BCUT2D eigenvalue weighted by molar-refractivity contribution is 5.79. The number of carbonyl (C=O) groups excluding carboxylic acids is 1. The van der Waals surface area contributed by atoms with Crippen LogP contribution in [0.15, 0.2) is 60.7 Å². The van der Waals surface area contributed by atoms with Crippen LogP contribution in [-0.2, 0) is 20.8 Å². The first kappa shape index (κ1) is 33.7. The van der Waals surface area contributed by atoms with Crippen molar-refractivity contribution in [3.8, 4) is 11.8 Å². The summed E-state index contributed by atoms with van der Waals surface area (Å²) in [6.07, 6.45) is -2.78. The number of methoxy groups -OCH3 is 1. The van der Waals surface area contributed by atoms with Crippen molar-refractivity contribution in [3.05, 3.63) is 83.2 Å². The Morgan fingerprint density at radius 3 is 2.18 bits per heavy atom. The number of hydrogen-bond donors (Lipinski definition) is 0. The van der Waals surface area contributed by atoms with Gasteiger partial charge in [-0.25, -0.2) is 0 Å². The van der Waals surface area contributed by atoms with Crippen molar-refractivity contribution in [2.24, 2.45) is 5.92 Å². The summed E-state index contributed by atoms with van der Waals surface area (Å²) in [6.45, 7) is 2.57. The van der Waals surface area contributed by atoms with Gasteiger partial charge in [0.25, 0.3) is 0 Å². The smallest absolute Gasteiger partial charge is 0.422 e. The van der Waals surface area contributed by atoms with E-state index in [4.69, 9.17) is 18.9 Å². The zero-order chi connectivity index (χ0) is 34.0. The Morgan fingerprint density at radius 1 is 0.918 bits per heavy atom. The van der Waals surface area contributed by atoms with Crippen LogP contribution < -0.4 is 9.47 Å². The van der Waals surface area contributed by atoms with Gasteiger partial charge in [0, 0.05) is 63.2 Å². The molecule has 4 heterocycles. The topological polar surface area (TPSA) is 89.5 Å². The third-order valence-electron chi connectivity index (χ3n) is 9.87. The second kappa shape index (κ2) is 14.6. The standard InChI is InChI=1S/C36H42F3N5O5/c1-46-33-29(34(49-22-36(37,38)39)41-32(40-33)26-12-13-26)18-42-16-28-17-43(35(45)27-20-47-23-48-21-27)14-15-44(28)30(19-42)31(24-8-4-2-5-9-24)25-10-6-3-7-11-25/h2-11,26-28,30-31H,12-23H2,1H3/t28-,30+/m1/s1. The van der Waals surface area contributed by atoms with Crippen molar-refractivity contribution in [1.29, 1.82) is 0 Å². The predicted molar refractivity (Wildman–Crippen MR) is 173 cm³/mol. The molecule has 13 heteroatoms. The van der Waals surface area contributed by atoms with E-state index in [2.05, 4.69) is 44.0 Å². The number of ether oxygens (including phenoxy) is 4. The van der Waals surface area contributed by atoms with Crippen molar-refractivity contribution < 1.29 is 36.9 Å². The molecule has 3 saturated heterocycles. The third-order valence-corrected chi connectivity index (χ3v) is 9.87. The van der Waals surface area contributed by atoms with Crippen molar-refractivity contribution in [3.63, 3.8) is 0 Å². The SMILES string of the molecule is COc1nc(C2CC2)nc(OCC(F)(F)F)c1CN1C[C@@H]2CN(C(=O)C3COCOC3)CCN2[C@H](C(c2ccccc2)c2ccccc2)C1. The molecular weight excluding hydrogens is 639 g/mol. The minimum atomic E-state index is -4.53. The molecule has 0 spiro atoms. The Morgan fingerprint density at radius 2 is 1.57 bits per heavy atom. The number of piperazine rings is 2. The van der Waals surface area contributed by atoms with Crippen molar-refractivity contribution in [1.82, 2.24) is 24.7 Å². The summed E-state index contributed by atoms with van der Waals surface area (Å²) >= 11 is 0. The average Bonchev–Trinajstić information content (AvgIpc) is 3.98. The van der Waals surface area contributed by atoms with Crippen LogP contribution in [0.3, 0.4) is 0 Å². The van der Waals surface area contributed by atoms with Crippen molar-refractivity contribution >= 4 is 5.91 Å². The van der Waals surface area contributed by atoms with Crippen LogP contribution in [0.25, 0.3) is 0 Å². The van der Waals surface area contributed by atoms with Gasteiger partial charge in [0.1, 0.15) is 12.6 Å². The van der Waals surface area contributed by atoms with Gasteiger partial charge in [0.15, 0.2) is 6.61 Å². The Kier molecular flexibility index (Phi) is 10.0. The Bertz CT molecular complexity index is 1530. The molecule has 7 rings (SSSR count). The normalized spacial score (nSPS) is 22.6. The molecule has 3 aromatic rings. The van der Waals surface area contributed by atoms with Gasteiger partial charge in [-0.2, -0.15) is 23.1 Å². The lowest BCUT2D eigenvalue weighted by molar-refractivity contribution is -0.164. The molecule has 49 heavy (non-hydrogen) atoms. The first-order chi connectivity index (χ1) is 23.8. The molecule has 1 aliphatic carbocycles. The van der Waals surface area contributed by atoms with Gasteiger partial charge < -0.3 is 23.8 Å². The third kappa shape index (κ3) is 7.85. The van der Waals surface area contributed by atoms with E-state index in [1.807, 2.05) is 41.3 Å². The lowest BCUT2D eigenvalue weighted by Crippen LogP contribution is -2.67. The molecule has 0 bridgehead atoms. The predicted octanol–water partition coefficient (Wildman–Crippen LogP) is 4.45. The van der Waals surface area contributed by atoms with Crippen LogP contribution in [0.1, 0.15) is 47.2 Å². The molecule has 4 fully saturated rings. The highest BCUT2D eigenvalue weighted by Crippen LogP contribution is 2.42. The van der Waals surface area contributed by atoms with Crippen LogP contribution in [0.5, 0.6) is 11.8 Å². The van der Waals surface area contributed by atoms with Gasteiger partial charge in [0.2, 0.25) is 17.7 Å². The highest BCUT2D eigenvalue weighted by Gasteiger charge is 2.44. The number of halogens is 3. The summed E-state index contributed by atoms with van der Waals surface area (Å²) in [4.78, 5) is 29.4. The lowest BCUT2D eigenvalue weighted by Gasteiger charge is -2.54. The van der Waals surface area contributed by atoms with Crippen LogP contribution in [-0.4, -0.2) is 115 Å². The van der Waals surface area contributed by atoms with E-state index in [9.17, 15) is 18.0 Å². The van der Waals surface area contributed by atoms with Crippen LogP contribution in [0.4, 0.5) is 13.2 Å². The van der Waals surface area contributed by atoms with Gasteiger partial charge in [-0.1, -0.05) is 60.7 Å². The number of rotatable bonds is 10. The maximum Gasteiger partial charge on any atom is 0.422 e. The molecule has 3 aliphatic heterocycles. The molecule has 1 saturated carbocycles. The molecule has 2 aromatic carbocycles. The summed E-state index contributed by atoms with van der Waals surface area (Å²) in [7, 11) is 1.47. The fourth-order valence-corrected chi connectivity index (χ4v) is 7.46. The van der Waals surface area contributed by atoms with E-state index in [-0.39, 0.29) is 60.8 Å². The minimum Gasteiger partial charge on any atom is -0.481 e. The van der Waals surface area contributed by atoms with E-state index in [1.54, 1.807) is 0 Å². The maximum atomic E-state index is 13.6. The molecule has 10 nitrogen and oxygen atoms in total. The average molecular weight is 682 g/mol. The molecule has 2 atom stereocenters. The summed E-state index contributed by atoms with van der Waals surface area (Å²) in [5.74, 6) is 0.338. The van der Waals surface area contributed by atoms with E-state index in [0.717, 1.165) is 12.8 Å². The molecule has 0 radical (unpaired) electrons. The molecule has 0 unspecified atom stereocenters. The van der Waals surface area contributed by atoms with Crippen LogP contribution >= 0.6 is 0 Å². The first-order valence-corrected chi connectivity index (χ1v) is 16.9. The number of amides is 1. The van der Waals surface area contributed by atoms with Crippen molar-refractivity contribution in [2.75, 3.05) is 66.4 Å².